The number of fused-ring (bicyclic) bond motifs is 2. The lowest BCUT2D eigenvalue weighted by atomic mass is 9.82. The van der Waals surface area contributed by atoms with Crippen molar-refractivity contribution in [2.24, 2.45) is 11.3 Å². The van der Waals surface area contributed by atoms with E-state index >= 15 is 0 Å². The molecule has 1 saturated heterocycles. The number of alkyl carbamates (subject to hydrolysis) is 1. The first-order valence-corrected chi connectivity index (χ1v) is 19.4. The summed E-state index contributed by atoms with van der Waals surface area (Å²) in [6.07, 6.45) is 10.0. The molecule has 3 aromatic carbocycles. The molecular weight excluding hydrogens is 677 g/mol. The van der Waals surface area contributed by atoms with Crippen molar-refractivity contribution in [1.82, 2.24) is 30.5 Å². The molecule has 10 heteroatoms. The van der Waals surface area contributed by atoms with Gasteiger partial charge in [-0.05, 0) is 108 Å². The molecule has 3 aliphatic rings. The lowest BCUT2D eigenvalue weighted by Gasteiger charge is -2.31. The quantitative estimate of drug-likeness (QED) is 0.123. The summed E-state index contributed by atoms with van der Waals surface area (Å²) < 4.78 is 4.79. The minimum atomic E-state index is -0.720. The Labute approximate surface area is 316 Å². The van der Waals surface area contributed by atoms with Gasteiger partial charge in [0.05, 0.1) is 31.6 Å². The van der Waals surface area contributed by atoms with E-state index in [1.807, 2.05) is 39.2 Å². The number of carbonyl (C=O) groups excluding carboxylic acids is 2. The number of nitrogens with one attached hydrogen (secondary N) is 4. The molecule has 1 aliphatic heterocycles. The molecule has 1 saturated carbocycles. The number of benzene rings is 3. The number of imidazole rings is 1. The maximum atomic E-state index is 13.9. The Hall–Kier alpha value is -5.22. The van der Waals surface area contributed by atoms with Crippen LogP contribution >= 0.6 is 0 Å². The van der Waals surface area contributed by atoms with Gasteiger partial charge in [0, 0.05) is 29.2 Å². The van der Waals surface area contributed by atoms with E-state index < -0.39 is 12.1 Å². The second-order valence-electron chi connectivity index (χ2n) is 15.9. The van der Waals surface area contributed by atoms with Gasteiger partial charge in [0.2, 0.25) is 5.91 Å². The van der Waals surface area contributed by atoms with E-state index in [-0.39, 0.29) is 23.3 Å². The number of likely N-dealkylation sites (tertiary alicyclic amines) is 1. The third-order valence-corrected chi connectivity index (χ3v) is 12.1. The van der Waals surface area contributed by atoms with Crippen LogP contribution in [0.4, 0.5) is 4.79 Å². The highest BCUT2D eigenvalue weighted by atomic mass is 16.5. The van der Waals surface area contributed by atoms with Gasteiger partial charge >= 0.3 is 6.09 Å². The number of ether oxygens (including phenoxy) is 1. The Morgan fingerprint density at radius 1 is 0.926 bits per heavy atom. The highest BCUT2D eigenvalue weighted by Crippen LogP contribution is 2.53. The van der Waals surface area contributed by atoms with Crippen LogP contribution in [-0.4, -0.2) is 58.6 Å². The Balaban J connectivity index is 1.11. The molecule has 2 aliphatic carbocycles. The molecule has 0 radical (unpaired) electrons. The molecule has 2 aromatic heterocycles. The minimum Gasteiger partial charge on any atom is -0.453 e. The minimum absolute atomic E-state index is 0.0658. The van der Waals surface area contributed by atoms with Gasteiger partial charge in [-0.25, -0.2) is 9.78 Å². The molecule has 2 unspecified atom stereocenters. The van der Waals surface area contributed by atoms with E-state index in [9.17, 15) is 14.4 Å². The van der Waals surface area contributed by atoms with Crippen LogP contribution in [0.2, 0.25) is 0 Å². The van der Waals surface area contributed by atoms with Crippen molar-refractivity contribution in [1.29, 1.82) is 0 Å². The maximum absolute atomic E-state index is 13.9. The van der Waals surface area contributed by atoms with E-state index in [2.05, 4.69) is 68.1 Å². The van der Waals surface area contributed by atoms with Gasteiger partial charge in [0.1, 0.15) is 11.9 Å². The standard InChI is InChI=1S/C44H50N6O4/c1-26(2)41(49-43(53)54-4)42(52)50-19-7-8-38(50)36-21-39(51)32-20-29(13-16-35(32)47-36)31-15-14-30(33-22-44(23-34(31)33)17-5-6-18-44)27-9-11-28(12-10-27)37-24-46-40(48-37)25-45-3/h9-16,20-21,24,26,38,41,45H,5-8,17-19,22-23,25H2,1-4H3,(H,46,48)(H,47,51)(H,49,53). The number of aromatic nitrogens is 3. The van der Waals surface area contributed by atoms with Gasteiger partial charge in [-0.15, -0.1) is 0 Å². The van der Waals surface area contributed by atoms with Crippen LogP contribution in [0.15, 0.2) is 71.7 Å². The van der Waals surface area contributed by atoms with Crippen LogP contribution in [0.3, 0.4) is 0 Å². The Kier molecular flexibility index (Phi) is 9.64. The highest BCUT2D eigenvalue weighted by Gasteiger charge is 2.42. The number of carbonyl (C=O) groups is 2. The van der Waals surface area contributed by atoms with Crippen LogP contribution < -0.4 is 16.1 Å². The molecule has 2 amide bonds. The average molecular weight is 727 g/mol. The summed E-state index contributed by atoms with van der Waals surface area (Å²) in [4.78, 5) is 52.9. The number of H-pyrrole nitrogens is 2. The SMILES string of the molecule is CNCc1ncc(-c2ccc(-c3ccc(-c4ccc5[nH]c(C6CCCN6C(=O)C(NC(=O)OC)C(C)C)cc(=O)c5c4)c4c3CC3(CCCC3)C4)cc2)[nH]1. The van der Waals surface area contributed by atoms with Crippen LogP contribution in [0.1, 0.15) is 81.1 Å². The Morgan fingerprint density at radius 3 is 2.30 bits per heavy atom. The summed E-state index contributed by atoms with van der Waals surface area (Å²) >= 11 is 0. The van der Waals surface area contributed by atoms with Crippen molar-refractivity contribution in [2.45, 2.75) is 83.8 Å². The van der Waals surface area contributed by atoms with Gasteiger partial charge in [-0.1, -0.05) is 69.2 Å². The van der Waals surface area contributed by atoms with Gasteiger partial charge < -0.3 is 30.2 Å². The van der Waals surface area contributed by atoms with Crippen LogP contribution in [-0.2, 0) is 28.9 Å². The zero-order chi connectivity index (χ0) is 37.6. The fraction of sp³-hybridized carbons (Fsp3) is 0.409. The highest BCUT2D eigenvalue weighted by molar-refractivity contribution is 5.88. The molecule has 280 valence electrons. The number of rotatable bonds is 9. The van der Waals surface area contributed by atoms with Gasteiger partial charge in [0.15, 0.2) is 5.43 Å². The first-order chi connectivity index (χ1) is 26.2. The maximum Gasteiger partial charge on any atom is 0.407 e. The zero-order valence-electron chi connectivity index (χ0n) is 31.7. The fourth-order valence-corrected chi connectivity index (χ4v) is 9.37. The van der Waals surface area contributed by atoms with Crippen LogP contribution in [0, 0.1) is 11.3 Å². The van der Waals surface area contributed by atoms with Crippen molar-refractivity contribution in [3.05, 3.63) is 99.7 Å². The van der Waals surface area contributed by atoms with E-state index in [1.54, 1.807) is 11.0 Å². The first-order valence-electron chi connectivity index (χ1n) is 19.4. The van der Waals surface area contributed by atoms with Crippen molar-refractivity contribution in [3.63, 3.8) is 0 Å². The molecule has 0 bridgehead atoms. The summed E-state index contributed by atoms with van der Waals surface area (Å²) in [5.41, 5.74) is 11.5. The molecule has 4 N–H and O–H groups in total. The van der Waals surface area contributed by atoms with Crippen molar-refractivity contribution < 1.29 is 14.3 Å². The molecule has 5 aromatic rings. The number of aromatic amines is 2. The predicted molar refractivity (Wildman–Crippen MR) is 212 cm³/mol. The first kappa shape index (κ1) is 35.8. The zero-order valence-corrected chi connectivity index (χ0v) is 31.7. The van der Waals surface area contributed by atoms with E-state index in [4.69, 9.17) is 4.74 Å². The molecule has 8 rings (SSSR count). The largest absolute Gasteiger partial charge is 0.453 e. The molecule has 2 atom stereocenters. The Bertz CT molecular complexity index is 2270. The number of methoxy groups -OCH3 is 1. The van der Waals surface area contributed by atoms with E-state index in [1.165, 1.54) is 60.6 Å². The normalized spacial score (nSPS) is 18.1. The van der Waals surface area contributed by atoms with E-state index in [0.29, 0.717) is 23.9 Å². The van der Waals surface area contributed by atoms with Crippen molar-refractivity contribution in [2.75, 3.05) is 20.7 Å². The second kappa shape index (κ2) is 14.5. The summed E-state index contributed by atoms with van der Waals surface area (Å²) in [6.45, 7) is 5.06. The third-order valence-electron chi connectivity index (χ3n) is 12.1. The number of nitrogens with zero attached hydrogens (tertiary/aromatic N) is 2. The number of pyridine rings is 1. The number of hydrogen-bond donors (Lipinski definition) is 4. The third kappa shape index (κ3) is 6.61. The predicted octanol–water partition coefficient (Wildman–Crippen LogP) is 7.67. The second-order valence-corrected chi connectivity index (χ2v) is 15.9. The molecular formula is C44H50N6O4. The summed E-state index contributed by atoms with van der Waals surface area (Å²) in [7, 11) is 3.21. The van der Waals surface area contributed by atoms with Gasteiger partial charge in [0.25, 0.3) is 0 Å². The van der Waals surface area contributed by atoms with Crippen LogP contribution in [0.25, 0.3) is 44.4 Å². The fourth-order valence-electron chi connectivity index (χ4n) is 9.37. The number of hydrogen-bond acceptors (Lipinski definition) is 6. The summed E-state index contributed by atoms with van der Waals surface area (Å²) in [5, 5.41) is 6.49. The lowest BCUT2D eigenvalue weighted by Crippen LogP contribution is -2.51. The van der Waals surface area contributed by atoms with E-state index in [0.717, 1.165) is 59.5 Å². The molecule has 1 spiro atoms. The Morgan fingerprint density at radius 2 is 1.61 bits per heavy atom. The van der Waals surface area contributed by atoms with Crippen LogP contribution in [0.5, 0.6) is 0 Å². The summed E-state index contributed by atoms with van der Waals surface area (Å²) in [5.74, 6) is 0.622. The molecule has 10 nitrogen and oxygen atoms in total. The van der Waals surface area contributed by atoms with Crippen molar-refractivity contribution in [3.8, 4) is 33.5 Å². The number of amides is 2. The van der Waals surface area contributed by atoms with Crippen molar-refractivity contribution >= 4 is 22.9 Å². The van der Waals surface area contributed by atoms with Gasteiger partial charge in [-0.2, -0.15) is 0 Å². The topological polar surface area (TPSA) is 132 Å². The molecule has 54 heavy (non-hydrogen) atoms. The smallest absolute Gasteiger partial charge is 0.407 e. The monoisotopic (exact) mass is 726 g/mol. The lowest BCUT2D eigenvalue weighted by molar-refractivity contribution is -0.135. The molecule has 3 heterocycles. The van der Waals surface area contributed by atoms with Gasteiger partial charge in [-0.3, -0.25) is 9.59 Å². The average Bonchev–Trinajstić information content (AvgIpc) is 4.01. The molecule has 2 fully saturated rings. The summed E-state index contributed by atoms with van der Waals surface area (Å²) in [6, 6.07) is 20.2.